The molecule has 1 aromatic heterocycles. The summed E-state index contributed by atoms with van der Waals surface area (Å²) in [7, 11) is 0. The zero-order valence-electron chi connectivity index (χ0n) is 11.2. The molecule has 108 valence electrons. The highest BCUT2D eigenvalue weighted by atomic mass is 16.6. The minimum atomic E-state index is -0.474. The summed E-state index contributed by atoms with van der Waals surface area (Å²) >= 11 is 0. The van der Waals surface area contributed by atoms with Gasteiger partial charge in [0.25, 0.3) is 11.6 Å². The number of nitro groups is 1. The lowest BCUT2D eigenvalue weighted by Crippen LogP contribution is -2.18. The SMILES string of the molecule is Cc1cc(NC(=O)c2cccnc2NN)ccc1[N+](=O)[O-]. The predicted octanol–water partition coefficient (Wildman–Crippen LogP) is 1.84. The molecule has 2 rings (SSSR count). The number of carbonyl (C=O) groups excluding carboxylic acids is 1. The van der Waals surface area contributed by atoms with Crippen LogP contribution in [0.25, 0.3) is 0 Å². The number of hydrazine groups is 1. The molecule has 8 nitrogen and oxygen atoms in total. The Hall–Kier alpha value is -3.00. The second kappa shape index (κ2) is 5.97. The number of rotatable bonds is 4. The minimum Gasteiger partial charge on any atom is -0.322 e. The summed E-state index contributed by atoms with van der Waals surface area (Å²) in [5.74, 6) is 5.12. The Balaban J connectivity index is 2.24. The van der Waals surface area contributed by atoms with Crippen molar-refractivity contribution in [2.24, 2.45) is 5.84 Å². The van der Waals surface area contributed by atoms with E-state index in [0.717, 1.165) is 0 Å². The maximum Gasteiger partial charge on any atom is 0.272 e. The third kappa shape index (κ3) is 3.12. The second-order valence-electron chi connectivity index (χ2n) is 4.26. The molecule has 21 heavy (non-hydrogen) atoms. The smallest absolute Gasteiger partial charge is 0.272 e. The number of hydrogen-bond donors (Lipinski definition) is 3. The van der Waals surface area contributed by atoms with Crippen LogP contribution in [0.3, 0.4) is 0 Å². The van der Waals surface area contributed by atoms with Crippen molar-refractivity contribution in [3.8, 4) is 0 Å². The number of aromatic nitrogens is 1. The number of nitrogens with one attached hydrogen (secondary N) is 2. The van der Waals surface area contributed by atoms with Crippen LogP contribution in [-0.2, 0) is 0 Å². The van der Waals surface area contributed by atoms with Crippen molar-refractivity contribution in [3.63, 3.8) is 0 Å². The van der Waals surface area contributed by atoms with E-state index in [1.807, 2.05) is 0 Å². The van der Waals surface area contributed by atoms with E-state index in [1.54, 1.807) is 19.1 Å². The Kier molecular flexibility index (Phi) is 4.10. The van der Waals surface area contributed by atoms with E-state index < -0.39 is 10.8 Å². The van der Waals surface area contributed by atoms with Crippen LogP contribution in [0.1, 0.15) is 15.9 Å². The van der Waals surface area contributed by atoms with Crippen LogP contribution in [0, 0.1) is 17.0 Å². The summed E-state index contributed by atoms with van der Waals surface area (Å²) in [5, 5.41) is 13.4. The average Bonchev–Trinajstić information content (AvgIpc) is 2.46. The Morgan fingerprint density at radius 1 is 1.38 bits per heavy atom. The summed E-state index contributed by atoms with van der Waals surface area (Å²) in [5.41, 5.74) is 3.52. The highest BCUT2D eigenvalue weighted by Gasteiger charge is 2.14. The molecule has 0 radical (unpaired) electrons. The molecule has 0 aliphatic carbocycles. The number of nitrogens with two attached hydrogens (primary N) is 1. The number of benzene rings is 1. The van der Waals surface area contributed by atoms with Gasteiger partial charge in [0.2, 0.25) is 0 Å². The Bertz CT molecular complexity index is 702. The van der Waals surface area contributed by atoms with Gasteiger partial charge >= 0.3 is 0 Å². The molecule has 0 spiro atoms. The first-order valence-corrected chi connectivity index (χ1v) is 6.01. The summed E-state index contributed by atoms with van der Waals surface area (Å²) in [4.78, 5) is 26.3. The molecule has 0 saturated heterocycles. The summed E-state index contributed by atoms with van der Waals surface area (Å²) < 4.78 is 0. The van der Waals surface area contributed by atoms with Crippen molar-refractivity contribution < 1.29 is 9.72 Å². The number of carbonyl (C=O) groups is 1. The fourth-order valence-electron chi connectivity index (χ4n) is 1.84. The lowest BCUT2D eigenvalue weighted by Gasteiger charge is -2.09. The van der Waals surface area contributed by atoms with Gasteiger partial charge in [-0.1, -0.05) is 0 Å². The van der Waals surface area contributed by atoms with Crippen molar-refractivity contribution in [1.29, 1.82) is 0 Å². The number of pyridine rings is 1. The van der Waals surface area contributed by atoms with Gasteiger partial charge in [0.15, 0.2) is 5.82 Å². The topological polar surface area (TPSA) is 123 Å². The molecular formula is C13H13N5O3. The Labute approximate surface area is 120 Å². The molecule has 4 N–H and O–H groups in total. The molecule has 0 fully saturated rings. The molecule has 0 aliphatic heterocycles. The first kappa shape index (κ1) is 14.4. The highest BCUT2D eigenvalue weighted by Crippen LogP contribution is 2.22. The third-order valence-electron chi connectivity index (χ3n) is 2.84. The lowest BCUT2D eigenvalue weighted by molar-refractivity contribution is -0.385. The largest absolute Gasteiger partial charge is 0.322 e. The van der Waals surface area contributed by atoms with Crippen molar-refractivity contribution in [1.82, 2.24) is 4.98 Å². The van der Waals surface area contributed by atoms with Gasteiger partial charge in [0, 0.05) is 23.5 Å². The third-order valence-corrected chi connectivity index (χ3v) is 2.84. The lowest BCUT2D eigenvalue weighted by atomic mass is 10.1. The van der Waals surface area contributed by atoms with Gasteiger partial charge in [-0.15, -0.1) is 0 Å². The van der Waals surface area contributed by atoms with Crippen LogP contribution in [0.5, 0.6) is 0 Å². The van der Waals surface area contributed by atoms with E-state index in [1.165, 1.54) is 24.4 Å². The van der Waals surface area contributed by atoms with Crippen LogP contribution in [0.4, 0.5) is 17.2 Å². The molecule has 0 aliphatic rings. The average molecular weight is 287 g/mol. The van der Waals surface area contributed by atoms with E-state index in [9.17, 15) is 14.9 Å². The first-order chi connectivity index (χ1) is 10.0. The molecule has 1 amide bonds. The standard InChI is InChI=1S/C13H13N5O3/c1-8-7-9(4-5-11(8)18(20)21)16-13(19)10-3-2-6-15-12(10)17-14/h2-7H,14H2,1H3,(H,15,17)(H,16,19). The Morgan fingerprint density at radius 3 is 2.76 bits per heavy atom. The molecule has 2 aromatic rings. The monoisotopic (exact) mass is 287 g/mol. The normalized spacial score (nSPS) is 10.0. The first-order valence-electron chi connectivity index (χ1n) is 6.01. The van der Waals surface area contributed by atoms with Gasteiger partial charge in [-0.2, -0.15) is 0 Å². The van der Waals surface area contributed by atoms with Crippen molar-refractivity contribution in [3.05, 3.63) is 57.8 Å². The van der Waals surface area contributed by atoms with Crippen LogP contribution < -0.4 is 16.6 Å². The summed E-state index contributed by atoms with van der Waals surface area (Å²) in [6.45, 7) is 1.60. The van der Waals surface area contributed by atoms with Crippen LogP contribution in [-0.4, -0.2) is 15.8 Å². The zero-order valence-corrected chi connectivity index (χ0v) is 11.2. The Morgan fingerprint density at radius 2 is 2.14 bits per heavy atom. The van der Waals surface area contributed by atoms with E-state index in [2.05, 4.69) is 15.7 Å². The summed E-state index contributed by atoms with van der Waals surface area (Å²) in [6.07, 6.45) is 1.50. The minimum absolute atomic E-state index is 0.00121. The van der Waals surface area contributed by atoms with Crippen molar-refractivity contribution in [2.45, 2.75) is 6.92 Å². The maximum absolute atomic E-state index is 12.1. The molecule has 0 atom stereocenters. The number of hydrogen-bond acceptors (Lipinski definition) is 6. The zero-order chi connectivity index (χ0) is 15.4. The van der Waals surface area contributed by atoms with E-state index in [-0.39, 0.29) is 17.1 Å². The molecule has 0 unspecified atom stereocenters. The predicted molar refractivity (Wildman–Crippen MR) is 77.8 cm³/mol. The number of nitro benzene ring substituents is 1. The molecule has 1 aromatic carbocycles. The van der Waals surface area contributed by atoms with Crippen LogP contribution >= 0.6 is 0 Å². The van der Waals surface area contributed by atoms with Crippen LogP contribution in [0.15, 0.2) is 36.5 Å². The molecule has 1 heterocycles. The number of aryl methyl sites for hydroxylation is 1. The quantitative estimate of drug-likeness (QED) is 0.448. The molecular weight excluding hydrogens is 274 g/mol. The maximum atomic E-state index is 12.1. The van der Waals surface area contributed by atoms with Gasteiger partial charge in [-0.3, -0.25) is 14.9 Å². The number of amides is 1. The van der Waals surface area contributed by atoms with E-state index in [4.69, 9.17) is 5.84 Å². The van der Waals surface area contributed by atoms with E-state index >= 15 is 0 Å². The summed E-state index contributed by atoms with van der Waals surface area (Å²) in [6, 6.07) is 7.51. The van der Waals surface area contributed by atoms with Gasteiger partial charge in [-0.25, -0.2) is 10.8 Å². The fourth-order valence-corrected chi connectivity index (χ4v) is 1.84. The fraction of sp³-hybridized carbons (Fsp3) is 0.0769. The number of anilines is 2. The van der Waals surface area contributed by atoms with Gasteiger partial charge in [-0.05, 0) is 31.2 Å². The van der Waals surface area contributed by atoms with Crippen LogP contribution in [0.2, 0.25) is 0 Å². The second-order valence-corrected chi connectivity index (χ2v) is 4.26. The van der Waals surface area contributed by atoms with Crippen molar-refractivity contribution >= 4 is 23.1 Å². The number of nitrogen functional groups attached to an aromatic ring is 1. The van der Waals surface area contributed by atoms with Gasteiger partial charge in [0.1, 0.15) is 0 Å². The molecule has 0 saturated carbocycles. The number of nitrogens with zero attached hydrogens (tertiary/aromatic N) is 2. The van der Waals surface area contributed by atoms with Gasteiger partial charge < -0.3 is 10.7 Å². The van der Waals surface area contributed by atoms with Crippen molar-refractivity contribution in [2.75, 3.05) is 10.7 Å². The molecule has 8 heteroatoms. The van der Waals surface area contributed by atoms with E-state index in [0.29, 0.717) is 11.3 Å². The highest BCUT2D eigenvalue weighted by molar-refractivity contribution is 6.07. The molecule has 0 bridgehead atoms. The van der Waals surface area contributed by atoms with Gasteiger partial charge in [0.05, 0.1) is 10.5 Å².